The normalized spacial score (nSPS) is 18.7. The fourth-order valence-electron chi connectivity index (χ4n) is 2.45. The van der Waals surface area contributed by atoms with Gasteiger partial charge in [0.05, 0.1) is 0 Å². The van der Waals surface area contributed by atoms with Crippen LogP contribution < -0.4 is 4.90 Å². The quantitative estimate of drug-likeness (QED) is 0.840. The molecule has 0 saturated carbocycles. The predicted octanol–water partition coefficient (Wildman–Crippen LogP) is 2.84. The zero-order valence-electron chi connectivity index (χ0n) is 13.6. The molecule has 0 aliphatic carbocycles. The van der Waals surface area contributed by atoms with Gasteiger partial charge < -0.3 is 14.5 Å². The van der Waals surface area contributed by atoms with Crippen LogP contribution in [0.25, 0.3) is 0 Å². The second-order valence-electron chi connectivity index (χ2n) is 6.67. The van der Waals surface area contributed by atoms with Gasteiger partial charge in [0, 0.05) is 32.4 Å². The molecule has 1 aromatic rings. The number of hydrogen-bond donors (Lipinski definition) is 0. The molecule has 5 heteroatoms. The summed E-state index contributed by atoms with van der Waals surface area (Å²) >= 11 is 0. The molecule has 116 valence electrons. The monoisotopic (exact) mass is 291 g/mol. The molecule has 1 saturated heterocycles. The van der Waals surface area contributed by atoms with E-state index >= 15 is 0 Å². The lowest BCUT2D eigenvalue weighted by atomic mass is 10.2. The van der Waals surface area contributed by atoms with Gasteiger partial charge in [-0.25, -0.2) is 9.78 Å². The highest BCUT2D eigenvalue weighted by Crippen LogP contribution is 2.22. The van der Waals surface area contributed by atoms with Crippen LogP contribution in [0.5, 0.6) is 0 Å². The molecule has 2 heterocycles. The first-order valence-electron chi connectivity index (χ1n) is 7.40. The Balaban J connectivity index is 1.97. The van der Waals surface area contributed by atoms with Gasteiger partial charge >= 0.3 is 6.09 Å². The summed E-state index contributed by atoms with van der Waals surface area (Å²) in [6.07, 6.45) is 2.53. The number of aromatic nitrogens is 1. The van der Waals surface area contributed by atoms with E-state index in [2.05, 4.69) is 22.9 Å². The summed E-state index contributed by atoms with van der Waals surface area (Å²) in [5.41, 5.74) is 0.743. The van der Waals surface area contributed by atoms with E-state index < -0.39 is 5.60 Å². The molecule has 0 aromatic carbocycles. The molecule has 1 aliphatic rings. The summed E-state index contributed by atoms with van der Waals surface area (Å²) in [5, 5.41) is 0. The minimum atomic E-state index is -0.445. The number of amides is 1. The highest BCUT2D eigenvalue weighted by atomic mass is 16.6. The third-order valence-corrected chi connectivity index (χ3v) is 3.63. The van der Waals surface area contributed by atoms with Gasteiger partial charge in [0.25, 0.3) is 0 Å². The van der Waals surface area contributed by atoms with Crippen LogP contribution in [0.2, 0.25) is 0 Å². The number of hydrogen-bond acceptors (Lipinski definition) is 4. The summed E-state index contributed by atoms with van der Waals surface area (Å²) in [5.74, 6) is 0.950. The number of anilines is 1. The smallest absolute Gasteiger partial charge is 0.410 e. The largest absolute Gasteiger partial charge is 0.444 e. The van der Waals surface area contributed by atoms with Crippen LogP contribution in [-0.2, 0) is 4.74 Å². The van der Waals surface area contributed by atoms with E-state index in [1.807, 2.05) is 40.1 Å². The van der Waals surface area contributed by atoms with Crippen molar-refractivity contribution in [3.63, 3.8) is 0 Å². The maximum atomic E-state index is 12.1. The fourth-order valence-corrected chi connectivity index (χ4v) is 2.45. The molecule has 5 nitrogen and oxygen atoms in total. The second-order valence-corrected chi connectivity index (χ2v) is 6.67. The summed E-state index contributed by atoms with van der Waals surface area (Å²) in [7, 11) is 2.03. The first kappa shape index (κ1) is 15.6. The van der Waals surface area contributed by atoms with Gasteiger partial charge in [-0.2, -0.15) is 0 Å². The van der Waals surface area contributed by atoms with E-state index in [0.717, 1.165) is 18.8 Å². The molecule has 2 rings (SSSR count). The summed E-state index contributed by atoms with van der Waals surface area (Å²) < 4.78 is 5.43. The number of likely N-dealkylation sites (tertiary alicyclic amines) is 1. The number of carbonyl (C=O) groups is 1. The Morgan fingerprint density at radius 1 is 1.48 bits per heavy atom. The highest BCUT2D eigenvalue weighted by Gasteiger charge is 2.32. The Morgan fingerprint density at radius 2 is 2.19 bits per heavy atom. The van der Waals surface area contributed by atoms with E-state index in [4.69, 9.17) is 4.74 Å². The van der Waals surface area contributed by atoms with Crippen molar-refractivity contribution in [2.45, 2.75) is 45.8 Å². The first-order valence-corrected chi connectivity index (χ1v) is 7.40. The standard InChI is InChI=1S/C16H25N3O2/c1-12-6-8-17-14(10-12)18(5)13-7-9-19(11-13)15(20)21-16(2,3)4/h6,8,10,13H,7,9,11H2,1-5H3/t13-/m1/s1. The van der Waals surface area contributed by atoms with Gasteiger partial charge in [0.15, 0.2) is 0 Å². The van der Waals surface area contributed by atoms with Gasteiger partial charge in [0.2, 0.25) is 0 Å². The summed E-state index contributed by atoms with van der Waals surface area (Å²) in [4.78, 5) is 20.4. The van der Waals surface area contributed by atoms with Crippen molar-refractivity contribution in [3.8, 4) is 0 Å². The number of aryl methyl sites for hydroxylation is 1. The van der Waals surface area contributed by atoms with Crippen LogP contribution in [0.1, 0.15) is 32.8 Å². The lowest BCUT2D eigenvalue weighted by Gasteiger charge is -2.27. The molecule has 0 radical (unpaired) electrons. The predicted molar refractivity (Wildman–Crippen MR) is 83.6 cm³/mol. The van der Waals surface area contributed by atoms with Gasteiger partial charge in [-0.3, -0.25) is 0 Å². The van der Waals surface area contributed by atoms with Gasteiger partial charge in [0.1, 0.15) is 11.4 Å². The van der Waals surface area contributed by atoms with Crippen LogP contribution >= 0.6 is 0 Å². The Kier molecular flexibility index (Phi) is 4.40. The topological polar surface area (TPSA) is 45.7 Å². The molecule has 1 aromatic heterocycles. The summed E-state index contributed by atoms with van der Waals surface area (Å²) in [6.45, 7) is 9.14. The number of likely N-dealkylation sites (N-methyl/N-ethyl adjacent to an activating group) is 1. The maximum Gasteiger partial charge on any atom is 0.410 e. The van der Waals surface area contributed by atoms with Crippen LogP contribution in [0.4, 0.5) is 10.6 Å². The third kappa shape index (κ3) is 4.09. The number of rotatable bonds is 2. The number of pyridine rings is 1. The van der Waals surface area contributed by atoms with E-state index in [0.29, 0.717) is 6.54 Å². The lowest BCUT2D eigenvalue weighted by molar-refractivity contribution is 0.0292. The van der Waals surface area contributed by atoms with Gasteiger partial charge in [-0.05, 0) is 51.8 Å². The molecular weight excluding hydrogens is 266 g/mol. The lowest BCUT2D eigenvalue weighted by Crippen LogP contribution is -2.39. The number of nitrogens with zero attached hydrogens (tertiary/aromatic N) is 3. The summed E-state index contributed by atoms with van der Waals surface area (Å²) in [6, 6.07) is 4.33. The van der Waals surface area contributed by atoms with E-state index in [-0.39, 0.29) is 12.1 Å². The van der Waals surface area contributed by atoms with Crippen molar-refractivity contribution in [1.29, 1.82) is 0 Å². The van der Waals surface area contributed by atoms with E-state index in [1.54, 1.807) is 4.90 Å². The van der Waals surface area contributed by atoms with Crippen LogP contribution in [0, 0.1) is 6.92 Å². The van der Waals surface area contributed by atoms with Crippen LogP contribution in [0.3, 0.4) is 0 Å². The zero-order valence-corrected chi connectivity index (χ0v) is 13.6. The minimum absolute atomic E-state index is 0.226. The SMILES string of the molecule is Cc1ccnc(N(C)[C@@H]2CCN(C(=O)OC(C)(C)C)C2)c1. The Labute approximate surface area is 126 Å². The van der Waals surface area contributed by atoms with Crippen molar-refractivity contribution in [1.82, 2.24) is 9.88 Å². The van der Waals surface area contributed by atoms with Crippen molar-refractivity contribution in [3.05, 3.63) is 23.9 Å². The molecule has 0 N–H and O–H groups in total. The molecule has 1 fully saturated rings. The zero-order chi connectivity index (χ0) is 15.6. The number of ether oxygens (including phenoxy) is 1. The van der Waals surface area contributed by atoms with Crippen molar-refractivity contribution < 1.29 is 9.53 Å². The molecular formula is C16H25N3O2. The Hall–Kier alpha value is -1.78. The Morgan fingerprint density at radius 3 is 2.81 bits per heavy atom. The van der Waals surface area contributed by atoms with Gasteiger partial charge in [-0.1, -0.05) is 0 Å². The van der Waals surface area contributed by atoms with E-state index in [9.17, 15) is 4.79 Å². The molecule has 1 atom stereocenters. The molecule has 0 bridgehead atoms. The third-order valence-electron chi connectivity index (χ3n) is 3.63. The molecule has 1 aliphatic heterocycles. The fraction of sp³-hybridized carbons (Fsp3) is 0.625. The average molecular weight is 291 g/mol. The van der Waals surface area contributed by atoms with Crippen LogP contribution in [0.15, 0.2) is 18.3 Å². The van der Waals surface area contributed by atoms with Crippen molar-refractivity contribution >= 4 is 11.9 Å². The molecule has 0 unspecified atom stereocenters. The highest BCUT2D eigenvalue weighted by molar-refractivity contribution is 5.68. The minimum Gasteiger partial charge on any atom is -0.444 e. The Bertz CT molecular complexity index is 510. The van der Waals surface area contributed by atoms with Crippen LogP contribution in [-0.4, -0.2) is 47.8 Å². The van der Waals surface area contributed by atoms with Crippen molar-refractivity contribution in [2.24, 2.45) is 0 Å². The maximum absolute atomic E-state index is 12.1. The molecule has 1 amide bonds. The van der Waals surface area contributed by atoms with E-state index in [1.165, 1.54) is 5.56 Å². The van der Waals surface area contributed by atoms with Crippen molar-refractivity contribution in [2.75, 3.05) is 25.0 Å². The average Bonchev–Trinajstić information content (AvgIpc) is 2.85. The molecule has 21 heavy (non-hydrogen) atoms. The molecule has 0 spiro atoms. The van der Waals surface area contributed by atoms with Gasteiger partial charge in [-0.15, -0.1) is 0 Å². The number of carbonyl (C=O) groups excluding carboxylic acids is 1. The second kappa shape index (κ2) is 5.92. The first-order chi connectivity index (χ1) is 9.76.